The van der Waals surface area contributed by atoms with Gasteiger partial charge in [0.05, 0.1) is 19.4 Å². The lowest BCUT2D eigenvalue weighted by molar-refractivity contribution is -0.126. The molecule has 0 atom stereocenters. The molecule has 1 fully saturated rings. The second kappa shape index (κ2) is 7.83. The van der Waals surface area contributed by atoms with Gasteiger partial charge in [0, 0.05) is 12.5 Å². The fourth-order valence-electron chi connectivity index (χ4n) is 2.53. The smallest absolute Gasteiger partial charge is 0.234 e. The fourth-order valence-corrected chi connectivity index (χ4v) is 2.53. The van der Waals surface area contributed by atoms with Gasteiger partial charge in [0.2, 0.25) is 11.8 Å². The maximum Gasteiger partial charge on any atom is 0.234 e. The predicted octanol–water partition coefficient (Wildman–Crippen LogP) is 0.744. The summed E-state index contributed by atoms with van der Waals surface area (Å²) in [6.45, 7) is 4.97. The van der Waals surface area contributed by atoms with E-state index < -0.39 is 0 Å². The maximum atomic E-state index is 11.9. The molecule has 1 aliphatic rings. The van der Waals surface area contributed by atoms with E-state index >= 15 is 0 Å². The molecular weight excluding hydrogens is 270 g/mol. The van der Waals surface area contributed by atoms with Crippen LogP contribution in [0.4, 0.5) is 0 Å². The molecule has 0 unspecified atom stereocenters. The Morgan fingerprint density at radius 1 is 1.33 bits per heavy atom. The van der Waals surface area contributed by atoms with Gasteiger partial charge >= 0.3 is 0 Å². The quantitative estimate of drug-likeness (QED) is 0.811. The van der Waals surface area contributed by atoms with E-state index in [1.54, 1.807) is 12.3 Å². The van der Waals surface area contributed by atoms with Crippen LogP contribution in [0, 0.1) is 5.92 Å². The first kappa shape index (κ1) is 15.6. The van der Waals surface area contributed by atoms with Crippen molar-refractivity contribution in [2.24, 2.45) is 5.92 Å². The summed E-state index contributed by atoms with van der Waals surface area (Å²) in [5.41, 5.74) is 0. The molecule has 0 spiro atoms. The Morgan fingerprint density at radius 2 is 2.10 bits per heavy atom. The van der Waals surface area contributed by atoms with Gasteiger partial charge in [0.1, 0.15) is 5.76 Å². The van der Waals surface area contributed by atoms with Crippen molar-refractivity contribution in [3.8, 4) is 0 Å². The number of amides is 2. The summed E-state index contributed by atoms with van der Waals surface area (Å²) >= 11 is 0. The minimum atomic E-state index is -0.0112. The first-order chi connectivity index (χ1) is 10.2. The van der Waals surface area contributed by atoms with Crippen molar-refractivity contribution in [3.05, 3.63) is 24.2 Å². The van der Waals surface area contributed by atoms with Crippen molar-refractivity contribution >= 4 is 11.8 Å². The Labute approximate surface area is 124 Å². The zero-order valence-corrected chi connectivity index (χ0v) is 12.4. The topological polar surface area (TPSA) is 74.6 Å². The van der Waals surface area contributed by atoms with Crippen LogP contribution in [0.2, 0.25) is 0 Å². The highest BCUT2D eigenvalue weighted by molar-refractivity contribution is 5.79. The van der Waals surface area contributed by atoms with E-state index in [1.807, 2.05) is 13.0 Å². The monoisotopic (exact) mass is 293 g/mol. The molecule has 2 rings (SSSR count). The van der Waals surface area contributed by atoms with E-state index in [2.05, 4.69) is 15.5 Å². The van der Waals surface area contributed by atoms with E-state index in [9.17, 15) is 9.59 Å². The second-order valence-corrected chi connectivity index (χ2v) is 5.30. The van der Waals surface area contributed by atoms with E-state index in [-0.39, 0.29) is 17.7 Å². The van der Waals surface area contributed by atoms with Crippen LogP contribution in [-0.4, -0.2) is 42.9 Å². The Bertz CT molecular complexity index is 451. The summed E-state index contributed by atoms with van der Waals surface area (Å²) in [6.07, 6.45) is 3.22. The van der Waals surface area contributed by atoms with Crippen LogP contribution in [0.25, 0.3) is 0 Å². The molecule has 1 saturated heterocycles. The second-order valence-electron chi connectivity index (χ2n) is 5.30. The number of furan rings is 1. The molecule has 0 aromatic carbocycles. The average Bonchev–Trinajstić information content (AvgIpc) is 2.99. The van der Waals surface area contributed by atoms with Crippen LogP contribution in [-0.2, 0) is 16.1 Å². The van der Waals surface area contributed by atoms with Crippen LogP contribution < -0.4 is 10.6 Å². The number of piperidine rings is 1. The molecule has 21 heavy (non-hydrogen) atoms. The third-order valence-electron chi connectivity index (χ3n) is 3.72. The van der Waals surface area contributed by atoms with Crippen molar-refractivity contribution in [2.45, 2.75) is 26.3 Å². The van der Waals surface area contributed by atoms with E-state index in [1.165, 1.54) is 0 Å². The van der Waals surface area contributed by atoms with Gasteiger partial charge in [-0.25, -0.2) is 0 Å². The fraction of sp³-hybridized carbons (Fsp3) is 0.600. The molecule has 2 heterocycles. The van der Waals surface area contributed by atoms with Crippen molar-refractivity contribution < 1.29 is 14.0 Å². The molecule has 1 aromatic heterocycles. The van der Waals surface area contributed by atoms with Crippen LogP contribution in [0.1, 0.15) is 25.5 Å². The molecule has 1 aromatic rings. The van der Waals surface area contributed by atoms with Crippen molar-refractivity contribution in [3.63, 3.8) is 0 Å². The first-order valence-corrected chi connectivity index (χ1v) is 7.48. The number of likely N-dealkylation sites (tertiary alicyclic amines) is 1. The third kappa shape index (κ3) is 4.90. The van der Waals surface area contributed by atoms with Crippen LogP contribution in [0.3, 0.4) is 0 Å². The molecule has 0 radical (unpaired) electrons. The molecular formula is C15H23N3O3. The number of nitrogens with one attached hydrogen (secondary N) is 2. The van der Waals surface area contributed by atoms with Crippen LogP contribution >= 0.6 is 0 Å². The summed E-state index contributed by atoms with van der Waals surface area (Å²) in [7, 11) is 0. The van der Waals surface area contributed by atoms with Crippen molar-refractivity contribution in [2.75, 3.05) is 26.2 Å². The Kier molecular flexibility index (Phi) is 5.80. The molecule has 116 valence electrons. The predicted molar refractivity (Wildman–Crippen MR) is 78.4 cm³/mol. The van der Waals surface area contributed by atoms with Gasteiger partial charge in [-0.15, -0.1) is 0 Å². The van der Waals surface area contributed by atoms with E-state index in [0.29, 0.717) is 19.6 Å². The average molecular weight is 293 g/mol. The normalized spacial score (nSPS) is 16.6. The summed E-state index contributed by atoms with van der Waals surface area (Å²) in [4.78, 5) is 25.7. The highest BCUT2D eigenvalue weighted by atomic mass is 16.3. The van der Waals surface area contributed by atoms with Gasteiger partial charge < -0.3 is 15.1 Å². The third-order valence-corrected chi connectivity index (χ3v) is 3.72. The summed E-state index contributed by atoms with van der Waals surface area (Å²) in [5.74, 6) is 0.966. The SMILES string of the molecule is CCNC(=O)C1CCN(CC(=O)NCc2ccco2)CC1. The number of carbonyl (C=O) groups is 2. The highest BCUT2D eigenvalue weighted by Gasteiger charge is 2.25. The molecule has 1 aliphatic heterocycles. The Morgan fingerprint density at radius 3 is 2.71 bits per heavy atom. The molecule has 6 heteroatoms. The summed E-state index contributed by atoms with van der Waals surface area (Å²) < 4.78 is 5.16. The standard InChI is InChI=1S/C15H23N3O3/c1-2-16-15(20)12-5-7-18(8-6-12)11-14(19)17-10-13-4-3-9-21-13/h3-4,9,12H,2,5-8,10-11H2,1H3,(H,16,20)(H,17,19). The van der Waals surface area contributed by atoms with Crippen LogP contribution in [0.15, 0.2) is 22.8 Å². The van der Waals surface area contributed by atoms with E-state index in [0.717, 1.165) is 31.7 Å². The first-order valence-electron chi connectivity index (χ1n) is 7.48. The van der Waals surface area contributed by atoms with Crippen molar-refractivity contribution in [1.82, 2.24) is 15.5 Å². The number of hydrogen-bond donors (Lipinski definition) is 2. The number of rotatable bonds is 6. The minimum absolute atomic E-state index is 0.0112. The zero-order valence-electron chi connectivity index (χ0n) is 12.4. The van der Waals surface area contributed by atoms with Crippen LogP contribution in [0.5, 0.6) is 0 Å². The number of nitrogens with zero attached hydrogens (tertiary/aromatic N) is 1. The lowest BCUT2D eigenvalue weighted by atomic mass is 9.96. The molecule has 0 saturated carbocycles. The molecule has 2 N–H and O–H groups in total. The van der Waals surface area contributed by atoms with Gasteiger partial charge in [-0.1, -0.05) is 0 Å². The molecule has 0 aliphatic carbocycles. The Balaban J connectivity index is 1.66. The van der Waals surface area contributed by atoms with Gasteiger partial charge in [0.25, 0.3) is 0 Å². The number of hydrogen-bond acceptors (Lipinski definition) is 4. The lowest BCUT2D eigenvalue weighted by Gasteiger charge is -2.30. The summed E-state index contributed by atoms with van der Waals surface area (Å²) in [6, 6.07) is 3.63. The van der Waals surface area contributed by atoms with E-state index in [4.69, 9.17) is 4.42 Å². The highest BCUT2D eigenvalue weighted by Crippen LogP contribution is 2.16. The molecule has 6 nitrogen and oxygen atoms in total. The lowest BCUT2D eigenvalue weighted by Crippen LogP contribution is -2.44. The van der Waals surface area contributed by atoms with Gasteiger partial charge in [-0.05, 0) is 45.0 Å². The number of carbonyl (C=O) groups excluding carboxylic acids is 2. The maximum absolute atomic E-state index is 11.9. The largest absolute Gasteiger partial charge is 0.467 e. The summed E-state index contributed by atoms with van der Waals surface area (Å²) in [5, 5.41) is 5.69. The Hall–Kier alpha value is -1.82. The van der Waals surface area contributed by atoms with Gasteiger partial charge in [0.15, 0.2) is 0 Å². The zero-order chi connectivity index (χ0) is 15.1. The molecule has 2 amide bonds. The minimum Gasteiger partial charge on any atom is -0.467 e. The van der Waals surface area contributed by atoms with Crippen molar-refractivity contribution in [1.29, 1.82) is 0 Å². The van der Waals surface area contributed by atoms with Gasteiger partial charge in [-0.3, -0.25) is 14.5 Å². The molecule has 0 bridgehead atoms. The van der Waals surface area contributed by atoms with Gasteiger partial charge in [-0.2, -0.15) is 0 Å².